The van der Waals surface area contributed by atoms with Crippen LogP contribution in [-0.4, -0.2) is 32.7 Å². The first-order valence-corrected chi connectivity index (χ1v) is 8.28. The first kappa shape index (κ1) is 16.8. The van der Waals surface area contributed by atoms with Crippen molar-refractivity contribution in [2.24, 2.45) is 0 Å². The largest absolute Gasteiger partial charge is 0.496 e. The summed E-state index contributed by atoms with van der Waals surface area (Å²) in [5.74, 6) is 1.03. The zero-order chi connectivity index (χ0) is 16.0. The first-order chi connectivity index (χ1) is 10.6. The van der Waals surface area contributed by atoms with Gasteiger partial charge in [-0.15, -0.1) is 0 Å². The van der Waals surface area contributed by atoms with Crippen LogP contribution in [-0.2, 0) is 10.2 Å². The maximum absolute atomic E-state index is 12.8. The van der Waals surface area contributed by atoms with Gasteiger partial charge in [0.25, 0.3) is 0 Å². The third-order valence-corrected chi connectivity index (χ3v) is 4.69. The quantitative estimate of drug-likeness (QED) is 0.761. The van der Waals surface area contributed by atoms with Gasteiger partial charge in [-0.3, -0.25) is 4.79 Å². The maximum Gasteiger partial charge on any atom is 0.230 e. The molecule has 0 unspecified atom stereocenters. The lowest BCUT2D eigenvalue weighted by atomic mass is 9.77. The van der Waals surface area contributed by atoms with E-state index in [-0.39, 0.29) is 11.3 Å². The Morgan fingerprint density at radius 3 is 2.64 bits per heavy atom. The Hall–Kier alpha value is -1.55. The summed E-state index contributed by atoms with van der Waals surface area (Å²) < 4.78 is 5.44. The molecule has 4 nitrogen and oxygen atoms in total. The average Bonchev–Trinajstić information content (AvgIpc) is 3.02. The Kier molecular flexibility index (Phi) is 5.83. The molecule has 2 rings (SSSR count). The molecule has 0 aliphatic heterocycles. The molecule has 2 N–H and O–H groups in total. The second-order valence-corrected chi connectivity index (χ2v) is 6.08. The van der Waals surface area contributed by atoms with Crippen molar-refractivity contribution in [2.75, 3.05) is 26.7 Å². The second-order valence-electron chi connectivity index (χ2n) is 6.08. The van der Waals surface area contributed by atoms with E-state index in [9.17, 15) is 4.79 Å². The van der Waals surface area contributed by atoms with Gasteiger partial charge < -0.3 is 15.4 Å². The van der Waals surface area contributed by atoms with Crippen molar-refractivity contribution >= 4 is 5.91 Å². The molecule has 1 fully saturated rings. The van der Waals surface area contributed by atoms with Gasteiger partial charge in [0.2, 0.25) is 5.91 Å². The van der Waals surface area contributed by atoms with Crippen LogP contribution in [0.25, 0.3) is 0 Å². The molecule has 1 saturated carbocycles. The van der Waals surface area contributed by atoms with Gasteiger partial charge in [0.05, 0.1) is 12.5 Å². The number of amides is 1. The van der Waals surface area contributed by atoms with Crippen LogP contribution in [0.5, 0.6) is 5.75 Å². The predicted octanol–water partition coefficient (Wildman–Crippen LogP) is 2.54. The van der Waals surface area contributed by atoms with Gasteiger partial charge in [-0.2, -0.15) is 0 Å². The number of methoxy groups -OCH3 is 1. The van der Waals surface area contributed by atoms with Crippen LogP contribution in [0.15, 0.2) is 18.2 Å². The van der Waals surface area contributed by atoms with E-state index in [2.05, 4.69) is 29.7 Å². The number of aryl methyl sites for hydroxylation is 1. The average molecular weight is 304 g/mol. The van der Waals surface area contributed by atoms with Gasteiger partial charge in [-0.1, -0.05) is 31.9 Å². The molecule has 1 aromatic carbocycles. The van der Waals surface area contributed by atoms with E-state index in [4.69, 9.17) is 4.74 Å². The van der Waals surface area contributed by atoms with Crippen LogP contribution in [0.1, 0.15) is 43.7 Å². The molecule has 0 aromatic heterocycles. The fourth-order valence-electron chi connectivity index (χ4n) is 3.35. The molecular formula is C18H28N2O2. The van der Waals surface area contributed by atoms with Crippen LogP contribution >= 0.6 is 0 Å². The lowest BCUT2D eigenvalue weighted by molar-refractivity contribution is -0.126. The Labute approximate surface area is 133 Å². The molecule has 1 aromatic rings. The highest BCUT2D eigenvalue weighted by Crippen LogP contribution is 2.42. The zero-order valence-electron chi connectivity index (χ0n) is 14.0. The minimum absolute atomic E-state index is 0.161. The molecule has 0 spiro atoms. The van der Waals surface area contributed by atoms with E-state index in [0.29, 0.717) is 6.54 Å². The van der Waals surface area contributed by atoms with E-state index in [0.717, 1.165) is 55.6 Å². The highest BCUT2D eigenvalue weighted by molar-refractivity contribution is 5.88. The van der Waals surface area contributed by atoms with E-state index in [1.54, 1.807) is 7.11 Å². The smallest absolute Gasteiger partial charge is 0.230 e. The first-order valence-electron chi connectivity index (χ1n) is 8.28. The number of hydrogen-bond donors (Lipinski definition) is 2. The van der Waals surface area contributed by atoms with Gasteiger partial charge in [0, 0.05) is 13.1 Å². The van der Waals surface area contributed by atoms with Crippen molar-refractivity contribution in [3.63, 3.8) is 0 Å². The maximum atomic E-state index is 12.8. The summed E-state index contributed by atoms with van der Waals surface area (Å²) in [6.07, 6.45) is 4.06. The van der Waals surface area contributed by atoms with Crippen LogP contribution in [0.3, 0.4) is 0 Å². The Balaban J connectivity index is 2.19. The molecular weight excluding hydrogens is 276 g/mol. The Bertz CT molecular complexity index is 508. The number of likely N-dealkylation sites (N-methyl/N-ethyl adjacent to an activating group) is 1. The van der Waals surface area contributed by atoms with E-state index in [1.807, 2.05) is 13.0 Å². The molecule has 1 aliphatic rings. The topological polar surface area (TPSA) is 50.4 Å². The van der Waals surface area contributed by atoms with Crippen molar-refractivity contribution < 1.29 is 9.53 Å². The molecule has 0 saturated heterocycles. The van der Waals surface area contributed by atoms with Crippen molar-refractivity contribution in [3.8, 4) is 5.75 Å². The molecule has 1 aliphatic carbocycles. The highest BCUT2D eigenvalue weighted by atomic mass is 16.5. The highest BCUT2D eigenvalue weighted by Gasteiger charge is 2.42. The molecule has 0 radical (unpaired) electrons. The number of rotatable bonds is 7. The molecule has 4 heteroatoms. The van der Waals surface area contributed by atoms with Crippen molar-refractivity contribution in [1.82, 2.24) is 10.6 Å². The summed E-state index contributed by atoms with van der Waals surface area (Å²) in [7, 11) is 1.68. The van der Waals surface area contributed by atoms with Gasteiger partial charge in [-0.05, 0) is 43.5 Å². The minimum atomic E-state index is -0.382. The van der Waals surface area contributed by atoms with Crippen LogP contribution in [0.2, 0.25) is 0 Å². The monoisotopic (exact) mass is 304 g/mol. The third-order valence-electron chi connectivity index (χ3n) is 4.69. The van der Waals surface area contributed by atoms with Crippen LogP contribution in [0.4, 0.5) is 0 Å². The fraction of sp³-hybridized carbons (Fsp3) is 0.611. The molecule has 0 atom stereocenters. The normalized spacial score (nSPS) is 16.5. The lowest BCUT2D eigenvalue weighted by Crippen LogP contribution is -2.44. The minimum Gasteiger partial charge on any atom is -0.496 e. The van der Waals surface area contributed by atoms with Gasteiger partial charge >= 0.3 is 0 Å². The van der Waals surface area contributed by atoms with Crippen LogP contribution in [0, 0.1) is 6.92 Å². The summed E-state index contributed by atoms with van der Waals surface area (Å²) in [4.78, 5) is 12.8. The van der Waals surface area contributed by atoms with Crippen molar-refractivity contribution in [2.45, 2.75) is 44.9 Å². The molecule has 22 heavy (non-hydrogen) atoms. The second kappa shape index (κ2) is 7.63. The number of benzene rings is 1. The Morgan fingerprint density at radius 2 is 2.00 bits per heavy atom. The Morgan fingerprint density at radius 1 is 1.27 bits per heavy atom. The lowest BCUT2D eigenvalue weighted by Gasteiger charge is -2.29. The predicted molar refractivity (Wildman–Crippen MR) is 89.4 cm³/mol. The molecule has 1 amide bonds. The van der Waals surface area contributed by atoms with E-state index >= 15 is 0 Å². The SMILES string of the molecule is CCNCCNC(=O)C1(c2ccc(C)c(OC)c2)CCCC1. The number of nitrogens with one attached hydrogen (secondary N) is 2. The van der Waals surface area contributed by atoms with E-state index in [1.165, 1.54) is 0 Å². The van der Waals surface area contributed by atoms with Gasteiger partial charge in [-0.25, -0.2) is 0 Å². The standard InChI is InChI=1S/C18H28N2O2/c1-4-19-11-12-20-17(21)18(9-5-6-10-18)15-8-7-14(2)16(13-15)22-3/h7-8,13,19H,4-6,9-12H2,1-3H3,(H,20,21). The third kappa shape index (κ3) is 3.43. The molecule has 0 heterocycles. The van der Waals surface area contributed by atoms with Gasteiger partial charge in [0.1, 0.15) is 5.75 Å². The van der Waals surface area contributed by atoms with Gasteiger partial charge in [0.15, 0.2) is 0 Å². The number of carbonyl (C=O) groups is 1. The molecule has 0 bridgehead atoms. The fourth-order valence-corrected chi connectivity index (χ4v) is 3.35. The number of hydrogen-bond acceptors (Lipinski definition) is 3. The summed E-state index contributed by atoms with van der Waals surface area (Å²) in [6, 6.07) is 6.19. The van der Waals surface area contributed by atoms with Crippen molar-refractivity contribution in [1.29, 1.82) is 0 Å². The van der Waals surface area contributed by atoms with Crippen LogP contribution < -0.4 is 15.4 Å². The summed E-state index contributed by atoms with van der Waals surface area (Å²) in [5.41, 5.74) is 1.81. The summed E-state index contributed by atoms with van der Waals surface area (Å²) in [6.45, 7) is 6.52. The number of ether oxygens (including phenoxy) is 1. The number of carbonyl (C=O) groups excluding carboxylic acids is 1. The zero-order valence-corrected chi connectivity index (χ0v) is 14.0. The molecule has 122 valence electrons. The van der Waals surface area contributed by atoms with Crippen molar-refractivity contribution in [3.05, 3.63) is 29.3 Å². The summed E-state index contributed by atoms with van der Waals surface area (Å²) >= 11 is 0. The van der Waals surface area contributed by atoms with E-state index < -0.39 is 0 Å². The summed E-state index contributed by atoms with van der Waals surface area (Å²) in [5, 5.41) is 6.35.